The lowest BCUT2D eigenvalue weighted by atomic mass is 10.1. The third-order valence-corrected chi connectivity index (χ3v) is 7.97. The lowest BCUT2D eigenvalue weighted by Gasteiger charge is -2.29. The number of rotatable bonds is 4. The van der Waals surface area contributed by atoms with Gasteiger partial charge in [-0.15, -0.1) is 5.10 Å². The third-order valence-electron chi connectivity index (χ3n) is 5.61. The van der Waals surface area contributed by atoms with Crippen molar-refractivity contribution in [2.24, 2.45) is 0 Å². The van der Waals surface area contributed by atoms with Crippen molar-refractivity contribution in [2.75, 3.05) is 18.8 Å². The Bertz CT molecular complexity index is 1230. The zero-order valence-electron chi connectivity index (χ0n) is 17.6. The molecule has 5 rings (SSSR count). The van der Waals surface area contributed by atoms with Crippen molar-refractivity contribution in [1.82, 2.24) is 18.9 Å². The molecule has 1 aliphatic carbocycles. The number of anilines is 1. The number of nitrogen functional groups attached to an aromatic ring is 1. The molecule has 178 valence electrons. The topological polar surface area (TPSA) is 114 Å². The van der Waals surface area contributed by atoms with Crippen LogP contribution in [0.3, 0.4) is 0 Å². The van der Waals surface area contributed by atoms with Gasteiger partial charge in [0.05, 0.1) is 23.2 Å². The van der Waals surface area contributed by atoms with E-state index in [1.165, 1.54) is 45.3 Å². The Kier molecular flexibility index (Phi) is 6.59. The molecule has 0 radical (unpaired) electrons. The highest BCUT2D eigenvalue weighted by Crippen LogP contribution is 2.32. The number of fused-ring (bicyclic) bond motifs is 1. The maximum absolute atomic E-state index is 13.8. The van der Waals surface area contributed by atoms with E-state index in [1.54, 1.807) is 0 Å². The van der Waals surface area contributed by atoms with Gasteiger partial charge in [0.1, 0.15) is 5.52 Å². The Balaban J connectivity index is 0.000000172. The van der Waals surface area contributed by atoms with Crippen LogP contribution in [0.2, 0.25) is 0 Å². The number of sulfonamides is 1. The fraction of sp³-hybridized carbons (Fsp3) is 0.429. The second-order valence-electron chi connectivity index (χ2n) is 8.11. The normalized spacial score (nSPS) is 19.5. The lowest BCUT2D eigenvalue weighted by molar-refractivity contribution is 0.108. The third kappa shape index (κ3) is 5.12. The van der Waals surface area contributed by atoms with Crippen molar-refractivity contribution in [3.8, 4) is 11.3 Å². The number of hydrogen-bond donors (Lipinski definition) is 2. The number of benzene rings is 1. The van der Waals surface area contributed by atoms with Crippen LogP contribution in [-0.4, -0.2) is 56.9 Å². The summed E-state index contributed by atoms with van der Waals surface area (Å²) in [6.07, 6.45) is 1.40. The average molecular weight is 484 g/mol. The molecule has 0 bridgehead atoms. The van der Waals surface area contributed by atoms with Crippen LogP contribution in [0.25, 0.3) is 16.8 Å². The molecule has 1 atom stereocenters. The summed E-state index contributed by atoms with van der Waals surface area (Å²) in [5.41, 5.74) is 6.54. The molecule has 2 fully saturated rings. The number of piperidine rings is 1. The summed E-state index contributed by atoms with van der Waals surface area (Å²) in [6.45, 7) is 0.898. The van der Waals surface area contributed by atoms with E-state index in [1.807, 2.05) is 0 Å². The van der Waals surface area contributed by atoms with E-state index in [0.29, 0.717) is 24.3 Å². The molecular formula is C21H24F3N5O3S. The van der Waals surface area contributed by atoms with Crippen LogP contribution in [-0.2, 0) is 10.0 Å². The molecule has 1 saturated heterocycles. The number of halogens is 3. The van der Waals surface area contributed by atoms with Crippen LogP contribution in [0.4, 0.5) is 19.1 Å². The van der Waals surface area contributed by atoms with Crippen molar-refractivity contribution in [2.45, 2.75) is 43.5 Å². The number of aliphatic hydroxyl groups is 1. The van der Waals surface area contributed by atoms with Crippen LogP contribution in [0, 0.1) is 5.82 Å². The summed E-state index contributed by atoms with van der Waals surface area (Å²) in [4.78, 5) is 3.72. The number of nitrogens with zero attached hydrogens (tertiary/aromatic N) is 4. The first kappa shape index (κ1) is 23.5. The Morgan fingerprint density at radius 1 is 1.15 bits per heavy atom. The molecule has 3 heterocycles. The first-order valence-electron chi connectivity index (χ1n) is 10.5. The van der Waals surface area contributed by atoms with Gasteiger partial charge >= 0.3 is 0 Å². The average Bonchev–Trinajstić information content (AvgIpc) is 3.60. The van der Waals surface area contributed by atoms with Gasteiger partial charge in [-0.3, -0.25) is 0 Å². The maximum atomic E-state index is 13.8. The Hall–Kier alpha value is -2.70. The minimum absolute atomic E-state index is 0.00134. The van der Waals surface area contributed by atoms with Gasteiger partial charge < -0.3 is 10.8 Å². The van der Waals surface area contributed by atoms with E-state index in [2.05, 4.69) is 10.1 Å². The van der Waals surface area contributed by atoms with E-state index in [-0.39, 0.29) is 22.3 Å². The molecule has 2 aromatic heterocycles. The Labute approximate surface area is 188 Å². The van der Waals surface area contributed by atoms with E-state index >= 15 is 0 Å². The number of alkyl halides is 2. The van der Waals surface area contributed by atoms with Crippen molar-refractivity contribution >= 4 is 21.5 Å². The summed E-state index contributed by atoms with van der Waals surface area (Å²) < 4.78 is 65.0. The van der Waals surface area contributed by atoms with Crippen LogP contribution < -0.4 is 5.73 Å². The molecule has 1 aromatic carbocycles. The fourth-order valence-electron chi connectivity index (χ4n) is 3.70. The molecule has 3 aromatic rings. The molecule has 33 heavy (non-hydrogen) atoms. The van der Waals surface area contributed by atoms with Crippen molar-refractivity contribution in [1.29, 1.82) is 0 Å². The second kappa shape index (κ2) is 9.27. The van der Waals surface area contributed by atoms with Gasteiger partial charge in [0.25, 0.3) is 6.43 Å². The van der Waals surface area contributed by atoms with E-state index in [0.717, 1.165) is 25.7 Å². The van der Waals surface area contributed by atoms with Crippen LogP contribution in [0.1, 0.15) is 37.7 Å². The molecule has 12 heteroatoms. The van der Waals surface area contributed by atoms with Crippen LogP contribution in [0.15, 0.2) is 36.5 Å². The zero-order chi connectivity index (χ0) is 23.8. The smallest absolute Gasteiger partial charge is 0.263 e. The Morgan fingerprint density at radius 2 is 1.85 bits per heavy atom. The monoisotopic (exact) mass is 483 g/mol. The maximum Gasteiger partial charge on any atom is 0.263 e. The van der Waals surface area contributed by atoms with Gasteiger partial charge in [0, 0.05) is 30.3 Å². The molecule has 1 unspecified atom stereocenters. The predicted molar refractivity (Wildman–Crippen MR) is 117 cm³/mol. The van der Waals surface area contributed by atoms with Gasteiger partial charge in [0.2, 0.25) is 16.0 Å². The van der Waals surface area contributed by atoms with Gasteiger partial charge in [-0.05, 0) is 25.7 Å². The predicted octanol–water partition coefficient (Wildman–Crippen LogP) is 2.99. The highest BCUT2D eigenvalue weighted by Gasteiger charge is 2.41. The highest BCUT2D eigenvalue weighted by atomic mass is 32.2. The van der Waals surface area contributed by atoms with E-state index in [4.69, 9.17) is 5.73 Å². The summed E-state index contributed by atoms with van der Waals surface area (Å²) >= 11 is 0. The molecule has 3 N–H and O–H groups in total. The van der Waals surface area contributed by atoms with Crippen molar-refractivity contribution in [3.05, 3.63) is 47.9 Å². The highest BCUT2D eigenvalue weighted by molar-refractivity contribution is 7.90. The summed E-state index contributed by atoms with van der Waals surface area (Å²) in [7, 11) is -3.05. The van der Waals surface area contributed by atoms with Crippen LogP contribution >= 0.6 is 0 Å². The summed E-state index contributed by atoms with van der Waals surface area (Å²) in [6, 6.07) is 6.83. The molecule has 0 spiro atoms. The van der Waals surface area contributed by atoms with Gasteiger partial charge in [-0.25, -0.2) is 31.1 Å². The molecule has 1 aliphatic heterocycles. The summed E-state index contributed by atoms with van der Waals surface area (Å²) in [5, 5.41) is 13.1. The van der Waals surface area contributed by atoms with Gasteiger partial charge in [-0.2, -0.15) is 4.31 Å². The van der Waals surface area contributed by atoms with Crippen molar-refractivity contribution < 1.29 is 26.7 Å². The molecule has 2 aliphatic rings. The number of aromatic nitrogens is 3. The fourth-order valence-corrected chi connectivity index (χ4v) is 5.62. The number of hydrogen-bond acceptors (Lipinski definition) is 6. The largest absolute Gasteiger partial charge is 0.392 e. The van der Waals surface area contributed by atoms with Gasteiger partial charge in [0.15, 0.2) is 5.82 Å². The van der Waals surface area contributed by atoms with E-state index < -0.39 is 28.4 Å². The SMILES string of the molecule is Nc1ncc2c(F)cc(-c3ccc(C(F)F)cc3)n2n1.O=S(=O)(C1CC1)N1CCCC(O)C1. The first-order valence-corrected chi connectivity index (χ1v) is 12.0. The zero-order valence-corrected chi connectivity index (χ0v) is 18.4. The second-order valence-corrected chi connectivity index (χ2v) is 10.3. The molecule has 8 nitrogen and oxygen atoms in total. The van der Waals surface area contributed by atoms with Crippen LogP contribution in [0.5, 0.6) is 0 Å². The number of aliphatic hydroxyl groups excluding tert-OH is 1. The molecule has 1 saturated carbocycles. The Morgan fingerprint density at radius 3 is 2.45 bits per heavy atom. The molecular weight excluding hydrogens is 459 g/mol. The van der Waals surface area contributed by atoms with Crippen molar-refractivity contribution in [3.63, 3.8) is 0 Å². The number of β-amino-alcohol motifs (C(OH)–C–C–N with tert-alkyl or cyclic N) is 1. The van der Waals surface area contributed by atoms with Gasteiger partial charge in [-0.1, -0.05) is 24.3 Å². The summed E-state index contributed by atoms with van der Waals surface area (Å²) in [5.74, 6) is -0.503. The number of nitrogens with two attached hydrogens (primary N) is 1. The quantitative estimate of drug-likeness (QED) is 0.590. The minimum Gasteiger partial charge on any atom is -0.392 e. The minimum atomic E-state index is -3.05. The van der Waals surface area contributed by atoms with E-state index in [9.17, 15) is 26.7 Å². The molecule has 0 amide bonds. The first-order chi connectivity index (χ1) is 15.7. The lowest BCUT2D eigenvalue weighted by Crippen LogP contribution is -2.43. The standard InChI is InChI=1S/C13H9F3N4.C8H15NO3S/c14-9-5-10(20-11(9)6-18-13(17)19-20)7-1-3-8(4-2-7)12(15)16;10-7-2-1-5-9(6-7)13(11,12)8-3-4-8/h1-6,12H,(H2,17,19);7-8,10H,1-6H2.